The molecule has 2 heteroatoms. The lowest BCUT2D eigenvalue weighted by Crippen LogP contribution is -1.97. The normalized spacial score (nSPS) is 13.7. The maximum atomic E-state index is 7.12. The third-order valence-corrected chi connectivity index (χ3v) is 9.40. The van der Waals surface area contributed by atoms with Crippen molar-refractivity contribution in [3.63, 3.8) is 0 Å². The fourth-order valence-corrected chi connectivity index (χ4v) is 7.22. The monoisotopic (exact) mass is 601 g/mol. The van der Waals surface area contributed by atoms with Gasteiger partial charge in [-0.05, 0) is 77.6 Å². The fraction of sp³-hybridized carbons (Fsp3) is 0.0667. The third-order valence-electron chi connectivity index (χ3n) is 9.40. The third kappa shape index (κ3) is 4.68. The van der Waals surface area contributed by atoms with Gasteiger partial charge in [0.2, 0.25) is 0 Å². The van der Waals surface area contributed by atoms with Gasteiger partial charge in [0.25, 0.3) is 0 Å². The maximum absolute atomic E-state index is 7.12. The molecule has 2 heterocycles. The molecule has 0 radical (unpaired) electrons. The molecular formula is C45H31NO. The van der Waals surface area contributed by atoms with E-state index in [4.69, 9.17) is 4.42 Å². The number of hydrogen-bond acceptors (Lipinski definition) is 1. The molecule has 0 fully saturated rings. The average molecular weight is 602 g/mol. The molecule has 222 valence electrons. The second-order valence-corrected chi connectivity index (χ2v) is 12.2. The van der Waals surface area contributed by atoms with Gasteiger partial charge >= 0.3 is 0 Å². The second kappa shape index (κ2) is 11.4. The number of rotatable bonds is 5. The van der Waals surface area contributed by atoms with Crippen LogP contribution in [0.4, 0.5) is 0 Å². The van der Waals surface area contributed by atoms with E-state index in [0.29, 0.717) is 6.42 Å². The molecular weight excluding hydrogens is 571 g/mol. The van der Waals surface area contributed by atoms with Crippen molar-refractivity contribution in [1.29, 1.82) is 0 Å². The van der Waals surface area contributed by atoms with Crippen molar-refractivity contribution >= 4 is 33.5 Å². The Labute approximate surface area is 274 Å². The fourth-order valence-electron chi connectivity index (χ4n) is 7.22. The summed E-state index contributed by atoms with van der Waals surface area (Å²) in [5.74, 6) is 8.40. The van der Waals surface area contributed by atoms with E-state index in [1.807, 2.05) is 6.08 Å². The van der Waals surface area contributed by atoms with Crippen molar-refractivity contribution in [2.45, 2.75) is 19.3 Å². The van der Waals surface area contributed by atoms with Crippen LogP contribution >= 0.6 is 0 Å². The first-order valence-corrected chi connectivity index (χ1v) is 16.3. The van der Waals surface area contributed by atoms with Gasteiger partial charge in [0.05, 0.1) is 11.0 Å². The summed E-state index contributed by atoms with van der Waals surface area (Å²) >= 11 is 0. The molecule has 2 aliphatic rings. The van der Waals surface area contributed by atoms with Crippen molar-refractivity contribution in [3.8, 4) is 51.3 Å². The summed E-state index contributed by atoms with van der Waals surface area (Å²) in [6.45, 7) is 0. The molecule has 2 aliphatic carbocycles. The summed E-state index contributed by atoms with van der Waals surface area (Å²) in [6.07, 6.45) is 13.3. The van der Waals surface area contributed by atoms with Crippen LogP contribution in [0.1, 0.15) is 29.5 Å². The molecule has 0 amide bonds. The number of furan rings is 1. The first-order valence-electron chi connectivity index (χ1n) is 16.3. The SMILES string of the molecule is C1#CCC(c2cc3c4ccccc4n(-c4ccccc4)c3cc2-c2oc(-c3cccc(-c4ccccc4)c3)c3c2CCC=C3)=CC=C1. The van der Waals surface area contributed by atoms with Crippen molar-refractivity contribution in [3.05, 3.63) is 162 Å². The van der Waals surface area contributed by atoms with Gasteiger partial charge in [0.15, 0.2) is 0 Å². The van der Waals surface area contributed by atoms with Crippen LogP contribution in [0.2, 0.25) is 0 Å². The molecule has 47 heavy (non-hydrogen) atoms. The minimum absolute atomic E-state index is 0.678. The van der Waals surface area contributed by atoms with Crippen molar-refractivity contribution < 1.29 is 4.42 Å². The molecule has 0 spiro atoms. The Bertz CT molecular complexity index is 2470. The summed E-state index contributed by atoms with van der Waals surface area (Å²) in [6, 6.07) is 43.4. The summed E-state index contributed by atoms with van der Waals surface area (Å²) in [5, 5.41) is 2.46. The van der Waals surface area contributed by atoms with Gasteiger partial charge < -0.3 is 8.98 Å². The van der Waals surface area contributed by atoms with E-state index >= 15 is 0 Å². The molecule has 9 rings (SSSR count). The number of para-hydroxylation sites is 2. The van der Waals surface area contributed by atoms with Crippen LogP contribution in [0.3, 0.4) is 0 Å². The highest BCUT2D eigenvalue weighted by molar-refractivity contribution is 6.12. The number of benzene rings is 5. The summed E-state index contributed by atoms with van der Waals surface area (Å²) in [4.78, 5) is 0. The molecule has 0 atom stereocenters. The predicted octanol–water partition coefficient (Wildman–Crippen LogP) is 11.7. The van der Waals surface area contributed by atoms with E-state index in [9.17, 15) is 0 Å². The molecule has 0 unspecified atom stereocenters. The molecule has 2 aromatic heterocycles. The number of nitrogens with zero attached hydrogens (tertiary/aromatic N) is 1. The molecule has 7 aromatic rings. The Morgan fingerprint density at radius 2 is 1.43 bits per heavy atom. The molecule has 2 nitrogen and oxygen atoms in total. The van der Waals surface area contributed by atoms with Crippen LogP contribution < -0.4 is 0 Å². The zero-order valence-electron chi connectivity index (χ0n) is 25.9. The second-order valence-electron chi connectivity index (χ2n) is 12.2. The minimum atomic E-state index is 0.678. The summed E-state index contributed by atoms with van der Waals surface area (Å²) < 4.78 is 9.51. The Morgan fingerprint density at radius 1 is 0.638 bits per heavy atom. The molecule has 5 aromatic carbocycles. The standard InChI is InChI=1S/C45H31NO/c1-2-6-19-32(18-5-1)39-29-40-36-24-13-14-27-42(36)46(35-22-9-4-10-23-35)43(40)30-41(39)45-38-26-12-11-25-37(38)44(47-45)34-21-15-20-33(28-34)31-16-7-3-8-17-31/h1,3-5,7-11,13-18,20-25,27-30H,12,19,26H2. The largest absolute Gasteiger partial charge is 0.455 e. The van der Waals surface area contributed by atoms with E-state index in [-0.39, 0.29) is 0 Å². The Kier molecular flexibility index (Phi) is 6.61. The Balaban J connectivity index is 1.33. The Hall–Kier alpha value is -6.04. The van der Waals surface area contributed by atoms with Gasteiger partial charge in [-0.3, -0.25) is 0 Å². The molecule has 0 N–H and O–H groups in total. The van der Waals surface area contributed by atoms with Crippen LogP contribution in [0.5, 0.6) is 0 Å². The minimum Gasteiger partial charge on any atom is -0.455 e. The van der Waals surface area contributed by atoms with Crippen LogP contribution in [0.25, 0.3) is 72.9 Å². The number of allylic oxidation sites excluding steroid dienone is 5. The van der Waals surface area contributed by atoms with Crippen molar-refractivity contribution in [2.24, 2.45) is 0 Å². The lowest BCUT2D eigenvalue weighted by molar-refractivity contribution is 0.594. The summed E-state index contributed by atoms with van der Waals surface area (Å²) in [5.41, 5.74) is 12.9. The van der Waals surface area contributed by atoms with Crippen LogP contribution in [-0.4, -0.2) is 4.57 Å². The highest BCUT2D eigenvalue weighted by Crippen LogP contribution is 2.46. The van der Waals surface area contributed by atoms with E-state index in [1.165, 1.54) is 49.7 Å². The van der Waals surface area contributed by atoms with E-state index < -0.39 is 0 Å². The van der Waals surface area contributed by atoms with E-state index in [1.54, 1.807) is 0 Å². The molecule has 0 aliphatic heterocycles. The zero-order chi connectivity index (χ0) is 31.2. The number of hydrogen-bond donors (Lipinski definition) is 0. The van der Waals surface area contributed by atoms with Gasteiger partial charge in [0.1, 0.15) is 11.5 Å². The van der Waals surface area contributed by atoms with Gasteiger partial charge in [-0.25, -0.2) is 0 Å². The van der Waals surface area contributed by atoms with Crippen molar-refractivity contribution in [1.82, 2.24) is 4.57 Å². The van der Waals surface area contributed by atoms with Crippen LogP contribution in [0, 0.1) is 11.8 Å². The lowest BCUT2D eigenvalue weighted by atomic mass is 9.89. The quantitative estimate of drug-likeness (QED) is 0.180. The number of fused-ring (bicyclic) bond motifs is 4. The van der Waals surface area contributed by atoms with Gasteiger partial charge in [-0.1, -0.05) is 121 Å². The molecule has 0 bridgehead atoms. The van der Waals surface area contributed by atoms with Gasteiger partial charge in [-0.2, -0.15) is 0 Å². The van der Waals surface area contributed by atoms with Crippen molar-refractivity contribution in [2.75, 3.05) is 0 Å². The topological polar surface area (TPSA) is 18.1 Å². The first-order chi connectivity index (χ1) is 23.3. The molecule has 0 saturated carbocycles. The number of aromatic nitrogens is 1. The van der Waals surface area contributed by atoms with E-state index in [0.717, 1.165) is 46.7 Å². The highest BCUT2D eigenvalue weighted by atomic mass is 16.3. The zero-order valence-corrected chi connectivity index (χ0v) is 25.9. The van der Waals surface area contributed by atoms with Crippen LogP contribution in [-0.2, 0) is 6.42 Å². The average Bonchev–Trinajstić information content (AvgIpc) is 3.54. The van der Waals surface area contributed by atoms with Gasteiger partial charge in [0, 0.05) is 45.1 Å². The lowest BCUT2D eigenvalue weighted by Gasteiger charge is -2.15. The first kappa shape index (κ1) is 27.3. The predicted molar refractivity (Wildman–Crippen MR) is 196 cm³/mol. The highest BCUT2D eigenvalue weighted by Gasteiger charge is 2.26. The van der Waals surface area contributed by atoms with Crippen LogP contribution in [0.15, 0.2) is 150 Å². The maximum Gasteiger partial charge on any atom is 0.142 e. The van der Waals surface area contributed by atoms with E-state index in [2.05, 4.69) is 162 Å². The smallest absolute Gasteiger partial charge is 0.142 e. The summed E-state index contributed by atoms with van der Waals surface area (Å²) in [7, 11) is 0. The Morgan fingerprint density at radius 3 is 2.32 bits per heavy atom. The molecule has 0 saturated heterocycles. The van der Waals surface area contributed by atoms with Gasteiger partial charge in [-0.15, -0.1) is 0 Å².